The lowest BCUT2D eigenvalue weighted by Gasteiger charge is -2.38. The van der Waals surface area contributed by atoms with E-state index in [0.29, 0.717) is 19.2 Å². The van der Waals surface area contributed by atoms with E-state index in [0.717, 1.165) is 63.9 Å². The Hall–Kier alpha value is -2.59. The molecule has 0 aliphatic carbocycles. The Balaban J connectivity index is 1.22. The lowest BCUT2D eigenvalue weighted by atomic mass is 10.0. The maximum absolute atomic E-state index is 5.80. The van der Waals surface area contributed by atoms with Crippen molar-refractivity contribution in [3.8, 4) is 0 Å². The minimum absolute atomic E-state index is 0.391. The Morgan fingerprint density at radius 2 is 1.43 bits per heavy atom. The Labute approximate surface area is 163 Å². The quantitative estimate of drug-likeness (QED) is 0.737. The zero-order valence-electron chi connectivity index (χ0n) is 15.8. The van der Waals surface area contributed by atoms with E-state index >= 15 is 0 Å². The molecule has 10 nitrogen and oxygen atoms in total. The normalized spacial score (nSPS) is 22.1. The SMILES string of the molecule is c1cnc(N2CCN(c3cnnc(N4CCC5(CC4)OCCO5)n3)CC2)nc1. The van der Waals surface area contributed by atoms with Crippen molar-refractivity contribution in [1.82, 2.24) is 25.1 Å². The van der Waals surface area contributed by atoms with E-state index in [9.17, 15) is 0 Å². The second-order valence-electron chi connectivity index (χ2n) is 7.23. The van der Waals surface area contributed by atoms with Crippen molar-refractivity contribution in [3.05, 3.63) is 24.7 Å². The summed E-state index contributed by atoms with van der Waals surface area (Å²) in [5, 5.41) is 8.47. The standard InChI is InChI=1S/C18H24N8O2/c1-4-19-16(20-5-1)26-10-8-24(9-11-26)15-14-21-23-17(22-15)25-6-2-18(3-7-25)27-12-13-28-18/h1,4-5,14H,2-3,6-13H2. The third-order valence-electron chi connectivity index (χ3n) is 5.60. The Morgan fingerprint density at radius 3 is 2.14 bits per heavy atom. The van der Waals surface area contributed by atoms with E-state index in [1.807, 2.05) is 6.07 Å². The van der Waals surface area contributed by atoms with Gasteiger partial charge < -0.3 is 24.2 Å². The molecule has 3 fully saturated rings. The number of anilines is 3. The summed E-state index contributed by atoms with van der Waals surface area (Å²) < 4.78 is 11.6. The molecule has 0 unspecified atom stereocenters. The molecule has 10 heteroatoms. The van der Waals surface area contributed by atoms with E-state index in [4.69, 9.17) is 14.5 Å². The van der Waals surface area contributed by atoms with Crippen LogP contribution in [0.1, 0.15) is 12.8 Å². The molecule has 1 spiro atoms. The Morgan fingerprint density at radius 1 is 0.786 bits per heavy atom. The molecule has 3 saturated heterocycles. The van der Waals surface area contributed by atoms with E-state index < -0.39 is 5.79 Å². The number of ether oxygens (including phenoxy) is 2. The number of rotatable bonds is 3. The third kappa shape index (κ3) is 3.45. The van der Waals surface area contributed by atoms with E-state index in [1.165, 1.54) is 0 Å². The van der Waals surface area contributed by atoms with Crippen molar-refractivity contribution in [2.75, 3.05) is 67.2 Å². The summed E-state index contributed by atoms with van der Waals surface area (Å²) in [4.78, 5) is 20.1. The van der Waals surface area contributed by atoms with Crippen molar-refractivity contribution >= 4 is 17.7 Å². The number of aromatic nitrogens is 5. The van der Waals surface area contributed by atoms with Crippen LogP contribution in [0.4, 0.5) is 17.7 Å². The van der Waals surface area contributed by atoms with Gasteiger partial charge in [0.25, 0.3) is 0 Å². The maximum Gasteiger partial charge on any atom is 0.247 e. The molecular weight excluding hydrogens is 360 g/mol. The Bertz CT molecular complexity index is 783. The molecule has 0 radical (unpaired) electrons. The summed E-state index contributed by atoms with van der Waals surface area (Å²) in [5.41, 5.74) is 0. The fourth-order valence-electron chi connectivity index (χ4n) is 4.00. The topological polar surface area (TPSA) is 92.6 Å². The van der Waals surface area contributed by atoms with Crippen LogP contribution in [-0.4, -0.2) is 83.4 Å². The van der Waals surface area contributed by atoms with Gasteiger partial charge in [0.15, 0.2) is 11.6 Å². The first-order valence-electron chi connectivity index (χ1n) is 9.81. The van der Waals surface area contributed by atoms with Crippen molar-refractivity contribution in [1.29, 1.82) is 0 Å². The smallest absolute Gasteiger partial charge is 0.247 e. The summed E-state index contributed by atoms with van der Waals surface area (Å²) in [7, 11) is 0. The van der Waals surface area contributed by atoms with Gasteiger partial charge in [-0.2, -0.15) is 10.1 Å². The molecule has 2 aromatic heterocycles. The minimum atomic E-state index is -0.391. The lowest BCUT2D eigenvalue weighted by molar-refractivity contribution is -0.169. The Kier molecular flexibility index (Phi) is 4.65. The van der Waals surface area contributed by atoms with E-state index in [-0.39, 0.29) is 0 Å². The first kappa shape index (κ1) is 17.5. The molecule has 3 aliphatic heterocycles. The third-order valence-corrected chi connectivity index (χ3v) is 5.60. The fourth-order valence-corrected chi connectivity index (χ4v) is 4.00. The van der Waals surface area contributed by atoms with Crippen LogP contribution < -0.4 is 14.7 Å². The number of piperidine rings is 1. The van der Waals surface area contributed by atoms with Gasteiger partial charge in [-0.05, 0) is 6.07 Å². The van der Waals surface area contributed by atoms with Crippen LogP contribution in [0, 0.1) is 0 Å². The van der Waals surface area contributed by atoms with Gasteiger partial charge in [0, 0.05) is 64.5 Å². The summed E-state index contributed by atoms with van der Waals surface area (Å²) >= 11 is 0. The van der Waals surface area contributed by atoms with Crippen LogP contribution in [0.15, 0.2) is 24.7 Å². The summed E-state index contributed by atoms with van der Waals surface area (Å²) in [6, 6.07) is 1.83. The first-order chi connectivity index (χ1) is 13.8. The van der Waals surface area contributed by atoms with Gasteiger partial charge in [0.2, 0.25) is 11.9 Å². The second-order valence-corrected chi connectivity index (χ2v) is 7.23. The average molecular weight is 384 g/mol. The monoisotopic (exact) mass is 384 g/mol. The van der Waals surface area contributed by atoms with Crippen molar-refractivity contribution in [3.63, 3.8) is 0 Å². The van der Waals surface area contributed by atoms with Gasteiger partial charge in [0.05, 0.1) is 19.4 Å². The second kappa shape index (κ2) is 7.44. The molecular formula is C18H24N8O2. The molecule has 3 aliphatic rings. The van der Waals surface area contributed by atoms with Gasteiger partial charge in [-0.1, -0.05) is 0 Å². The van der Waals surface area contributed by atoms with Gasteiger partial charge in [-0.3, -0.25) is 0 Å². The summed E-state index contributed by atoms with van der Waals surface area (Å²) in [5.74, 6) is 1.94. The summed E-state index contributed by atoms with van der Waals surface area (Å²) in [6.07, 6.45) is 6.96. The number of piperazine rings is 1. The van der Waals surface area contributed by atoms with Crippen molar-refractivity contribution < 1.29 is 9.47 Å². The molecule has 2 aromatic rings. The highest BCUT2D eigenvalue weighted by Gasteiger charge is 2.40. The molecule has 0 saturated carbocycles. The predicted octanol–water partition coefficient (Wildman–Crippen LogP) is 0.332. The zero-order chi connectivity index (χ0) is 18.8. The van der Waals surface area contributed by atoms with E-state index in [2.05, 4.69) is 34.9 Å². The first-order valence-corrected chi connectivity index (χ1v) is 9.81. The molecule has 0 aromatic carbocycles. The highest BCUT2D eigenvalue weighted by atomic mass is 16.7. The van der Waals surface area contributed by atoms with Crippen LogP contribution in [0.2, 0.25) is 0 Å². The zero-order valence-corrected chi connectivity index (χ0v) is 15.8. The minimum Gasteiger partial charge on any atom is -0.352 e. The van der Waals surface area contributed by atoms with E-state index in [1.54, 1.807) is 18.6 Å². The van der Waals surface area contributed by atoms with Crippen LogP contribution in [0.25, 0.3) is 0 Å². The average Bonchev–Trinajstić information content (AvgIpc) is 3.23. The van der Waals surface area contributed by atoms with Crippen molar-refractivity contribution in [2.45, 2.75) is 18.6 Å². The number of nitrogens with zero attached hydrogens (tertiary/aromatic N) is 8. The van der Waals surface area contributed by atoms with Crippen LogP contribution in [-0.2, 0) is 9.47 Å². The molecule has 0 N–H and O–H groups in total. The molecule has 28 heavy (non-hydrogen) atoms. The lowest BCUT2D eigenvalue weighted by Crippen LogP contribution is -2.48. The molecule has 148 valence electrons. The van der Waals surface area contributed by atoms with Gasteiger partial charge in [-0.25, -0.2) is 9.97 Å². The van der Waals surface area contributed by atoms with Gasteiger partial charge >= 0.3 is 0 Å². The molecule has 5 rings (SSSR count). The van der Waals surface area contributed by atoms with Gasteiger partial charge in [-0.15, -0.1) is 5.10 Å². The van der Waals surface area contributed by atoms with Crippen LogP contribution in [0.5, 0.6) is 0 Å². The maximum atomic E-state index is 5.80. The van der Waals surface area contributed by atoms with Gasteiger partial charge in [0.1, 0.15) is 0 Å². The molecule has 0 amide bonds. The van der Waals surface area contributed by atoms with Crippen molar-refractivity contribution in [2.24, 2.45) is 0 Å². The molecule has 0 atom stereocenters. The largest absolute Gasteiger partial charge is 0.352 e. The highest BCUT2D eigenvalue weighted by Crippen LogP contribution is 2.32. The number of hydrogen-bond donors (Lipinski definition) is 0. The molecule has 5 heterocycles. The van der Waals surface area contributed by atoms with Crippen LogP contribution >= 0.6 is 0 Å². The number of hydrogen-bond acceptors (Lipinski definition) is 10. The molecule has 0 bridgehead atoms. The summed E-state index contributed by atoms with van der Waals surface area (Å²) in [6.45, 7) is 6.40. The highest BCUT2D eigenvalue weighted by molar-refractivity contribution is 5.44. The van der Waals surface area contributed by atoms with Crippen LogP contribution in [0.3, 0.4) is 0 Å². The predicted molar refractivity (Wildman–Crippen MR) is 102 cm³/mol. The fraction of sp³-hybridized carbons (Fsp3) is 0.611.